The number of pyridine rings is 1. The monoisotopic (exact) mass is 488 g/mol. The van der Waals surface area contributed by atoms with Crippen LogP contribution in [0.3, 0.4) is 0 Å². The topological polar surface area (TPSA) is 116 Å². The van der Waals surface area contributed by atoms with Crippen molar-refractivity contribution in [2.45, 2.75) is 6.61 Å². The molecule has 0 aliphatic rings. The first-order valence-corrected chi connectivity index (χ1v) is 9.63. The Balaban J connectivity index is 2.19. The molecule has 0 aliphatic carbocycles. The molecule has 0 spiro atoms. The first-order valence-electron chi connectivity index (χ1n) is 8.09. The number of nitrogens with zero attached hydrogens (tertiary/aromatic N) is 2. The Kier molecular flexibility index (Phi) is 6.14. The Bertz CT molecular complexity index is 1240. The summed E-state index contributed by atoms with van der Waals surface area (Å²) in [5.41, 5.74) is 5.88. The number of nitriles is 2. The van der Waals surface area contributed by atoms with Crippen molar-refractivity contribution in [3.05, 3.63) is 78.0 Å². The molecule has 1 heterocycles. The molecule has 0 saturated carbocycles. The summed E-state index contributed by atoms with van der Waals surface area (Å²) in [7, 11) is 0. The van der Waals surface area contributed by atoms with Crippen LogP contribution in [0.15, 0.2) is 45.7 Å². The number of hydrogen-bond acceptors (Lipinski definition) is 5. The number of nitrogen functional groups attached to an aromatic ring is 1. The highest BCUT2D eigenvalue weighted by Gasteiger charge is 2.22. The summed E-state index contributed by atoms with van der Waals surface area (Å²) in [6, 6.07) is 13.9. The van der Waals surface area contributed by atoms with Gasteiger partial charge in [0, 0.05) is 31.2 Å². The number of anilines is 1. The molecule has 0 aliphatic heterocycles. The van der Waals surface area contributed by atoms with Gasteiger partial charge < -0.3 is 15.5 Å². The van der Waals surface area contributed by atoms with E-state index in [1.54, 1.807) is 36.4 Å². The van der Waals surface area contributed by atoms with E-state index in [0.29, 0.717) is 31.4 Å². The molecule has 1 aromatic heterocycles. The van der Waals surface area contributed by atoms with Gasteiger partial charge in [-0.15, -0.1) is 0 Å². The van der Waals surface area contributed by atoms with Crippen molar-refractivity contribution >= 4 is 44.9 Å². The molecule has 0 saturated heterocycles. The summed E-state index contributed by atoms with van der Waals surface area (Å²) < 4.78 is 6.57. The van der Waals surface area contributed by atoms with E-state index >= 15 is 0 Å². The number of aromatic amines is 1. The van der Waals surface area contributed by atoms with E-state index in [9.17, 15) is 15.3 Å². The van der Waals surface area contributed by atoms with Crippen molar-refractivity contribution in [3.63, 3.8) is 0 Å². The first kappa shape index (κ1) is 20.8. The predicted molar refractivity (Wildman–Crippen MR) is 115 cm³/mol. The second-order valence-corrected chi connectivity index (χ2v) is 7.58. The van der Waals surface area contributed by atoms with Crippen LogP contribution in [0.1, 0.15) is 16.7 Å². The number of benzene rings is 2. The van der Waals surface area contributed by atoms with Crippen molar-refractivity contribution in [2.24, 2.45) is 0 Å². The van der Waals surface area contributed by atoms with Crippen molar-refractivity contribution in [1.29, 1.82) is 10.5 Å². The van der Waals surface area contributed by atoms with Crippen molar-refractivity contribution < 1.29 is 4.74 Å². The quantitative estimate of drug-likeness (QED) is 0.533. The average Bonchev–Trinajstić information content (AvgIpc) is 2.68. The minimum absolute atomic E-state index is 0.0279. The SMILES string of the molecule is N#Cc1c(N)[nH]c(=O)c(C#N)c1-c1cc(Br)ccc1OCc1c(Cl)cccc1Cl. The van der Waals surface area contributed by atoms with Gasteiger partial charge in [-0.25, -0.2) is 0 Å². The van der Waals surface area contributed by atoms with Gasteiger partial charge in [-0.05, 0) is 30.3 Å². The Hall–Kier alpha value is -2.97. The fourth-order valence-corrected chi connectivity index (χ4v) is 3.62. The van der Waals surface area contributed by atoms with Crippen molar-refractivity contribution in [3.8, 4) is 29.0 Å². The lowest BCUT2D eigenvalue weighted by Gasteiger charge is -2.16. The van der Waals surface area contributed by atoms with Crippen LogP contribution in [-0.2, 0) is 6.61 Å². The molecule has 3 N–H and O–H groups in total. The van der Waals surface area contributed by atoms with Crippen LogP contribution in [0.25, 0.3) is 11.1 Å². The minimum atomic E-state index is -0.695. The third-order valence-electron chi connectivity index (χ3n) is 4.11. The largest absolute Gasteiger partial charge is 0.488 e. The van der Waals surface area contributed by atoms with Gasteiger partial charge in [-0.2, -0.15) is 10.5 Å². The number of hydrogen-bond donors (Lipinski definition) is 2. The number of ether oxygens (including phenoxy) is 1. The van der Waals surface area contributed by atoms with Gasteiger partial charge in [0.1, 0.15) is 41.4 Å². The second kappa shape index (κ2) is 8.59. The highest BCUT2D eigenvalue weighted by atomic mass is 79.9. The summed E-state index contributed by atoms with van der Waals surface area (Å²) in [5, 5.41) is 19.9. The fraction of sp³-hybridized carbons (Fsp3) is 0.0500. The van der Waals surface area contributed by atoms with Gasteiger partial charge in [0.2, 0.25) is 0 Å². The zero-order chi connectivity index (χ0) is 21.1. The van der Waals surface area contributed by atoms with E-state index < -0.39 is 5.56 Å². The zero-order valence-corrected chi connectivity index (χ0v) is 17.7. The van der Waals surface area contributed by atoms with Gasteiger partial charge in [0.25, 0.3) is 5.56 Å². The Morgan fingerprint density at radius 2 is 1.76 bits per heavy atom. The normalized spacial score (nSPS) is 10.2. The molecular weight excluding hydrogens is 479 g/mol. The molecule has 9 heteroatoms. The van der Waals surface area contributed by atoms with Gasteiger partial charge in [0.05, 0.1) is 0 Å². The van der Waals surface area contributed by atoms with E-state index in [0.717, 1.165) is 0 Å². The number of halogens is 3. The summed E-state index contributed by atoms with van der Waals surface area (Å²) >= 11 is 15.8. The van der Waals surface area contributed by atoms with Gasteiger partial charge in [-0.1, -0.05) is 45.2 Å². The molecule has 0 radical (unpaired) electrons. The molecule has 144 valence electrons. The molecule has 3 rings (SSSR count). The third-order valence-corrected chi connectivity index (χ3v) is 5.31. The number of rotatable bonds is 4. The fourth-order valence-electron chi connectivity index (χ4n) is 2.76. The first-order chi connectivity index (χ1) is 13.9. The smallest absolute Gasteiger partial charge is 0.268 e. The highest BCUT2D eigenvalue weighted by molar-refractivity contribution is 9.10. The van der Waals surface area contributed by atoms with Crippen LogP contribution >= 0.6 is 39.1 Å². The molecular formula is C20H11BrCl2N4O2. The summed E-state index contributed by atoms with van der Waals surface area (Å²) in [6.07, 6.45) is 0. The van der Waals surface area contributed by atoms with Gasteiger partial charge >= 0.3 is 0 Å². The Morgan fingerprint density at radius 3 is 2.38 bits per heavy atom. The summed E-state index contributed by atoms with van der Waals surface area (Å²) in [5.74, 6) is 0.189. The van der Waals surface area contributed by atoms with Crippen molar-refractivity contribution in [2.75, 3.05) is 5.73 Å². The predicted octanol–water partition coefficient (Wildman–Crippen LogP) is 5.02. The molecule has 2 aromatic carbocycles. The number of nitrogens with two attached hydrogens (primary N) is 1. The lowest BCUT2D eigenvalue weighted by atomic mass is 9.96. The van der Waals surface area contributed by atoms with Crippen LogP contribution in [0.2, 0.25) is 10.0 Å². The van der Waals surface area contributed by atoms with E-state index in [1.807, 2.05) is 12.1 Å². The van der Waals surface area contributed by atoms with E-state index in [4.69, 9.17) is 33.7 Å². The van der Waals surface area contributed by atoms with E-state index in [-0.39, 0.29) is 29.1 Å². The molecule has 0 fully saturated rings. The molecule has 0 unspecified atom stereocenters. The summed E-state index contributed by atoms with van der Waals surface area (Å²) in [6.45, 7) is 0.0373. The van der Waals surface area contributed by atoms with Gasteiger partial charge in [0.15, 0.2) is 0 Å². The Labute approximate surface area is 184 Å². The van der Waals surface area contributed by atoms with Gasteiger partial charge in [-0.3, -0.25) is 4.79 Å². The number of H-pyrrole nitrogens is 1. The number of aromatic nitrogens is 1. The molecule has 6 nitrogen and oxygen atoms in total. The van der Waals surface area contributed by atoms with Crippen LogP contribution in [-0.4, -0.2) is 4.98 Å². The zero-order valence-electron chi connectivity index (χ0n) is 14.6. The van der Waals surface area contributed by atoms with E-state index in [1.165, 1.54) is 0 Å². The van der Waals surface area contributed by atoms with Crippen LogP contribution in [0.4, 0.5) is 5.82 Å². The molecule has 29 heavy (non-hydrogen) atoms. The highest BCUT2D eigenvalue weighted by Crippen LogP contribution is 2.38. The average molecular weight is 490 g/mol. The molecule has 0 amide bonds. The second-order valence-electron chi connectivity index (χ2n) is 5.85. The lowest BCUT2D eigenvalue weighted by molar-refractivity contribution is 0.307. The number of nitrogens with one attached hydrogen (secondary N) is 1. The standard InChI is InChI=1S/C20H11BrCl2N4O2/c21-10-4-5-17(29-9-14-15(22)2-1-3-16(14)23)11(6-10)18-12(7-24)19(26)27-20(28)13(18)8-25/h1-6H,9H2,(H3,26,27,28). The third kappa shape index (κ3) is 4.08. The minimum Gasteiger partial charge on any atom is -0.488 e. The van der Waals surface area contributed by atoms with Crippen LogP contribution < -0.4 is 16.0 Å². The van der Waals surface area contributed by atoms with Crippen molar-refractivity contribution in [1.82, 2.24) is 4.98 Å². The maximum Gasteiger partial charge on any atom is 0.268 e. The van der Waals surface area contributed by atoms with Crippen LogP contribution in [0.5, 0.6) is 5.75 Å². The molecule has 3 aromatic rings. The maximum atomic E-state index is 12.2. The lowest BCUT2D eigenvalue weighted by Crippen LogP contribution is -2.16. The molecule has 0 bridgehead atoms. The Morgan fingerprint density at radius 1 is 1.10 bits per heavy atom. The maximum absolute atomic E-state index is 12.2. The summed E-state index contributed by atoms with van der Waals surface area (Å²) in [4.78, 5) is 14.6. The van der Waals surface area contributed by atoms with Crippen LogP contribution in [0, 0.1) is 22.7 Å². The molecule has 0 atom stereocenters. The van der Waals surface area contributed by atoms with E-state index in [2.05, 4.69) is 20.9 Å².